The molecule has 0 aromatic carbocycles. The molecule has 1 aliphatic heterocycles. The summed E-state index contributed by atoms with van der Waals surface area (Å²) in [5, 5.41) is 0. The molecule has 1 aliphatic rings. The van der Waals surface area contributed by atoms with Crippen molar-refractivity contribution in [1.29, 1.82) is 0 Å². The second-order valence-corrected chi connectivity index (χ2v) is 4.03. The number of anilines is 2. The molecular weight excluding hydrogens is 190 g/mol. The van der Waals surface area contributed by atoms with Gasteiger partial charge in [-0.3, -0.25) is 0 Å². The third kappa shape index (κ3) is 2.39. The minimum atomic E-state index is 0.444. The molecular formula is C11H17N3O. The second kappa shape index (κ2) is 4.49. The molecule has 1 saturated heterocycles. The Morgan fingerprint density at radius 1 is 1.33 bits per heavy atom. The summed E-state index contributed by atoms with van der Waals surface area (Å²) >= 11 is 0. The zero-order chi connectivity index (χ0) is 10.7. The molecule has 0 spiro atoms. The van der Waals surface area contributed by atoms with Crippen LogP contribution in [0.15, 0.2) is 12.3 Å². The zero-order valence-electron chi connectivity index (χ0n) is 8.78. The van der Waals surface area contributed by atoms with Gasteiger partial charge in [0.2, 0.25) is 0 Å². The normalized spacial score (nSPS) is 17.9. The van der Waals surface area contributed by atoms with Gasteiger partial charge in [-0.25, -0.2) is 4.98 Å². The molecule has 2 heterocycles. The highest BCUT2D eigenvalue weighted by molar-refractivity contribution is 5.62. The Morgan fingerprint density at radius 2 is 2.07 bits per heavy atom. The Morgan fingerprint density at radius 3 is 2.80 bits per heavy atom. The molecule has 0 saturated carbocycles. The molecule has 82 valence electrons. The van der Waals surface area contributed by atoms with E-state index in [2.05, 4.69) is 4.98 Å². The zero-order valence-corrected chi connectivity index (χ0v) is 8.78. The number of hydrogen-bond acceptors (Lipinski definition) is 4. The van der Waals surface area contributed by atoms with E-state index in [1.54, 1.807) is 6.20 Å². The van der Waals surface area contributed by atoms with Gasteiger partial charge in [0.1, 0.15) is 5.82 Å². The number of nitrogens with two attached hydrogens (primary N) is 2. The van der Waals surface area contributed by atoms with Crippen molar-refractivity contribution in [2.45, 2.75) is 19.3 Å². The van der Waals surface area contributed by atoms with Crippen molar-refractivity contribution in [3.05, 3.63) is 17.8 Å². The fraction of sp³-hybridized carbons (Fsp3) is 0.545. The standard InChI is InChI=1S/C11H17N3O/c12-10-9(1-4-14-11(10)13)7-8-2-5-15-6-3-8/h1,4,8H,2-3,5-7,12H2,(H2,13,14). The Balaban J connectivity index is 2.06. The minimum Gasteiger partial charge on any atom is -0.396 e. The lowest BCUT2D eigenvalue weighted by atomic mass is 9.92. The molecule has 0 radical (unpaired) electrons. The molecule has 4 nitrogen and oxygen atoms in total. The quantitative estimate of drug-likeness (QED) is 0.764. The number of pyridine rings is 1. The lowest BCUT2D eigenvalue weighted by Crippen LogP contribution is -2.18. The predicted molar refractivity (Wildman–Crippen MR) is 60.3 cm³/mol. The van der Waals surface area contributed by atoms with Gasteiger partial charge in [-0.2, -0.15) is 0 Å². The first-order valence-electron chi connectivity index (χ1n) is 5.34. The topological polar surface area (TPSA) is 74.2 Å². The van der Waals surface area contributed by atoms with E-state index in [-0.39, 0.29) is 0 Å². The molecule has 0 aliphatic carbocycles. The van der Waals surface area contributed by atoms with E-state index in [1.165, 1.54) is 0 Å². The predicted octanol–water partition coefficient (Wildman–Crippen LogP) is 1.22. The number of hydrogen-bond donors (Lipinski definition) is 2. The first kappa shape index (κ1) is 10.2. The van der Waals surface area contributed by atoms with E-state index in [4.69, 9.17) is 16.2 Å². The molecule has 0 bridgehead atoms. The van der Waals surface area contributed by atoms with Crippen molar-refractivity contribution in [3.8, 4) is 0 Å². The fourth-order valence-electron chi connectivity index (χ4n) is 1.97. The van der Waals surface area contributed by atoms with Crippen molar-refractivity contribution in [3.63, 3.8) is 0 Å². The van der Waals surface area contributed by atoms with E-state index in [0.29, 0.717) is 17.4 Å². The molecule has 1 aromatic heterocycles. The van der Waals surface area contributed by atoms with Crippen molar-refractivity contribution in [1.82, 2.24) is 4.98 Å². The first-order chi connectivity index (χ1) is 7.27. The molecule has 4 N–H and O–H groups in total. The maximum absolute atomic E-state index is 5.88. The van der Waals surface area contributed by atoms with Gasteiger partial charge in [-0.1, -0.05) is 0 Å². The number of aromatic nitrogens is 1. The Hall–Kier alpha value is -1.29. The highest BCUT2D eigenvalue weighted by Gasteiger charge is 2.16. The van der Waals surface area contributed by atoms with Gasteiger partial charge in [-0.05, 0) is 36.8 Å². The molecule has 0 atom stereocenters. The first-order valence-corrected chi connectivity index (χ1v) is 5.34. The van der Waals surface area contributed by atoms with Crippen molar-refractivity contribution < 1.29 is 4.74 Å². The van der Waals surface area contributed by atoms with Crippen molar-refractivity contribution in [2.24, 2.45) is 5.92 Å². The van der Waals surface area contributed by atoms with Crippen LogP contribution in [-0.2, 0) is 11.2 Å². The van der Waals surface area contributed by atoms with Crippen LogP contribution in [0.3, 0.4) is 0 Å². The average Bonchev–Trinajstić information content (AvgIpc) is 2.26. The van der Waals surface area contributed by atoms with Gasteiger partial charge in [0.05, 0.1) is 5.69 Å². The van der Waals surface area contributed by atoms with Gasteiger partial charge < -0.3 is 16.2 Å². The van der Waals surface area contributed by atoms with E-state index in [9.17, 15) is 0 Å². The van der Waals surface area contributed by atoms with Crippen LogP contribution in [0.2, 0.25) is 0 Å². The van der Waals surface area contributed by atoms with Crippen LogP contribution < -0.4 is 11.5 Å². The fourth-order valence-corrected chi connectivity index (χ4v) is 1.97. The summed E-state index contributed by atoms with van der Waals surface area (Å²) in [6, 6.07) is 1.96. The van der Waals surface area contributed by atoms with Gasteiger partial charge in [0, 0.05) is 19.4 Å². The van der Waals surface area contributed by atoms with Crippen molar-refractivity contribution in [2.75, 3.05) is 24.7 Å². The van der Waals surface area contributed by atoms with Crippen LogP contribution in [0.5, 0.6) is 0 Å². The largest absolute Gasteiger partial charge is 0.396 e. The summed E-state index contributed by atoms with van der Waals surface area (Å²) in [6.07, 6.45) is 4.94. The SMILES string of the molecule is Nc1nccc(CC2CCOCC2)c1N. The van der Waals surface area contributed by atoms with Gasteiger partial charge in [0.15, 0.2) is 0 Å². The maximum atomic E-state index is 5.88. The number of rotatable bonds is 2. The maximum Gasteiger partial charge on any atom is 0.146 e. The molecule has 1 fully saturated rings. The highest BCUT2D eigenvalue weighted by atomic mass is 16.5. The smallest absolute Gasteiger partial charge is 0.146 e. The summed E-state index contributed by atoms with van der Waals surface area (Å²) < 4.78 is 5.32. The summed E-state index contributed by atoms with van der Waals surface area (Å²) in [5.41, 5.74) is 13.3. The number of nitrogens with zero attached hydrogens (tertiary/aromatic N) is 1. The highest BCUT2D eigenvalue weighted by Crippen LogP contribution is 2.25. The lowest BCUT2D eigenvalue weighted by molar-refractivity contribution is 0.0666. The Kier molecular flexibility index (Phi) is 3.06. The molecule has 4 heteroatoms. The third-order valence-corrected chi connectivity index (χ3v) is 2.96. The van der Waals surface area contributed by atoms with Crippen LogP contribution >= 0.6 is 0 Å². The van der Waals surface area contributed by atoms with E-state index in [1.807, 2.05) is 6.07 Å². The Labute approximate surface area is 89.6 Å². The van der Waals surface area contributed by atoms with Crippen molar-refractivity contribution >= 4 is 11.5 Å². The minimum absolute atomic E-state index is 0.444. The van der Waals surface area contributed by atoms with Gasteiger partial charge in [0.25, 0.3) is 0 Å². The monoisotopic (exact) mass is 207 g/mol. The molecule has 2 rings (SSSR count). The third-order valence-electron chi connectivity index (χ3n) is 2.96. The van der Waals surface area contributed by atoms with Crippen LogP contribution in [0.1, 0.15) is 18.4 Å². The molecule has 15 heavy (non-hydrogen) atoms. The van der Waals surface area contributed by atoms with Crippen LogP contribution in [0.25, 0.3) is 0 Å². The van der Waals surface area contributed by atoms with Gasteiger partial charge in [-0.15, -0.1) is 0 Å². The lowest BCUT2D eigenvalue weighted by Gasteiger charge is -2.22. The van der Waals surface area contributed by atoms with E-state index < -0.39 is 0 Å². The summed E-state index contributed by atoms with van der Waals surface area (Å²) in [7, 11) is 0. The van der Waals surface area contributed by atoms with Crippen LogP contribution in [-0.4, -0.2) is 18.2 Å². The molecule has 0 amide bonds. The van der Waals surface area contributed by atoms with E-state index >= 15 is 0 Å². The average molecular weight is 207 g/mol. The van der Waals surface area contributed by atoms with E-state index in [0.717, 1.165) is 38.0 Å². The summed E-state index contributed by atoms with van der Waals surface area (Å²) in [5.74, 6) is 1.11. The van der Waals surface area contributed by atoms with Crippen LogP contribution in [0, 0.1) is 5.92 Å². The van der Waals surface area contributed by atoms with Crippen LogP contribution in [0.4, 0.5) is 11.5 Å². The molecule has 0 unspecified atom stereocenters. The second-order valence-electron chi connectivity index (χ2n) is 4.03. The summed E-state index contributed by atoms with van der Waals surface area (Å²) in [4.78, 5) is 3.96. The number of ether oxygens (including phenoxy) is 1. The summed E-state index contributed by atoms with van der Waals surface area (Å²) in [6.45, 7) is 1.73. The number of nitrogen functional groups attached to an aromatic ring is 2. The van der Waals surface area contributed by atoms with Gasteiger partial charge >= 0.3 is 0 Å². The Bertz CT molecular complexity index is 335. The molecule has 1 aromatic rings.